The summed E-state index contributed by atoms with van der Waals surface area (Å²) in [5.41, 5.74) is 8.34. The molecule has 16 heavy (non-hydrogen) atoms. The Balaban J connectivity index is 2.00. The molecular formula is C12H16N4. The molecule has 0 aromatic carbocycles. The van der Waals surface area contributed by atoms with Crippen molar-refractivity contribution in [1.82, 2.24) is 14.5 Å². The molecule has 0 radical (unpaired) electrons. The predicted molar refractivity (Wildman–Crippen MR) is 63.0 cm³/mol. The monoisotopic (exact) mass is 216 g/mol. The molecule has 0 bridgehead atoms. The molecular weight excluding hydrogens is 200 g/mol. The average Bonchev–Trinajstić information content (AvgIpc) is 2.55. The van der Waals surface area contributed by atoms with Crippen LogP contribution in [0.2, 0.25) is 0 Å². The van der Waals surface area contributed by atoms with Gasteiger partial charge in [0.15, 0.2) is 0 Å². The van der Waals surface area contributed by atoms with Gasteiger partial charge in [0.25, 0.3) is 0 Å². The number of imidazole rings is 1. The molecule has 0 atom stereocenters. The van der Waals surface area contributed by atoms with E-state index in [-0.39, 0.29) is 5.54 Å². The zero-order chi connectivity index (χ0) is 11.2. The summed E-state index contributed by atoms with van der Waals surface area (Å²) in [5.74, 6) is 1.07. The molecule has 0 saturated heterocycles. The van der Waals surface area contributed by atoms with Crippen LogP contribution in [-0.2, 0) is 13.5 Å². The van der Waals surface area contributed by atoms with Crippen LogP contribution in [0.4, 0.5) is 0 Å². The molecule has 0 aliphatic heterocycles. The Bertz CT molecular complexity index is 525. The smallest absolute Gasteiger partial charge is 0.111 e. The Morgan fingerprint density at radius 1 is 1.50 bits per heavy atom. The summed E-state index contributed by atoms with van der Waals surface area (Å²) in [6, 6.07) is 2.00. The van der Waals surface area contributed by atoms with E-state index in [4.69, 9.17) is 5.73 Å². The van der Waals surface area contributed by atoms with Gasteiger partial charge in [-0.05, 0) is 25.3 Å². The summed E-state index contributed by atoms with van der Waals surface area (Å²) in [5, 5.41) is 0. The average molecular weight is 216 g/mol. The predicted octanol–water partition coefficient (Wildman–Crippen LogP) is 1.39. The lowest BCUT2D eigenvalue weighted by Crippen LogP contribution is -2.48. The van der Waals surface area contributed by atoms with E-state index in [1.165, 1.54) is 6.42 Å². The second-order valence-electron chi connectivity index (χ2n) is 4.84. The van der Waals surface area contributed by atoms with Crippen molar-refractivity contribution < 1.29 is 0 Å². The fourth-order valence-electron chi connectivity index (χ4n) is 2.38. The third-order valence-corrected chi connectivity index (χ3v) is 3.64. The standard InChI is InChI=1S/C12H16N4/c1-16-10-3-6-14-8-9(10)15-11(16)7-12(13)4-2-5-12/h3,6,8H,2,4-5,7,13H2,1H3. The van der Waals surface area contributed by atoms with Crippen LogP contribution in [0, 0.1) is 0 Å². The molecule has 0 unspecified atom stereocenters. The molecule has 1 fully saturated rings. The molecule has 2 N–H and O–H groups in total. The third kappa shape index (κ3) is 1.41. The van der Waals surface area contributed by atoms with Crippen molar-refractivity contribution >= 4 is 11.0 Å². The number of hydrogen-bond acceptors (Lipinski definition) is 3. The van der Waals surface area contributed by atoms with Gasteiger partial charge < -0.3 is 10.3 Å². The highest BCUT2D eigenvalue weighted by Gasteiger charge is 2.34. The minimum Gasteiger partial charge on any atom is -0.331 e. The molecule has 4 heteroatoms. The summed E-state index contributed by atoms with van der Waals surface area (Å²) in [6.07, 6.45) is 7.97. The fourth-order valence-corrected chi connectivity index (χ4v) is 2.38. The maximum atomic E-state index is 6.26. The minimum absolute atomic E-state index is 0.0113. The van der Waals surface area contributed by atoms with Gasteiger partial charge in [-0.1, -0.05) is 0 Å². The van der Waals surface area contributed by atoms with Crippen LogP contribution >= 0.6 is 0 Å². The van der Waals surface area contributed by atoms with E-state index in [0.29, 0.717) is 0 Å². The van der Waals surface area contributed by atoms with Gasteiger partial charge >= 0.3 is 0 Å². The Labute approximate surface area is 94.5 Å². The Hall–Kier alpha value is -1.42. The van der Waals surface area contributed by atoms with E-state index >= 15 is 0 Å². The minimum atomic E-state index is -0.0113. The molecule has 2 heterocycles. The summed E-state index contributed by atoms with van der Waals surface area (Å²) < 4.78 is 2.13. The lowest BCUT2D eigenvalue weighted by atomic mass is 9.75. The van der Waals surface area contributed by atoms with Crippen LogP contribution in [0.3, 0.4) is 0 Å². The first-order valence-electron chi connectivity index (χ1n) is 5.72. The van der Waals surface area contributed by atoms with E-state index in [1.54, 1.807) is 6.20 Å². The van der Waals surface area contributed by atoms with Crippen LogP contribution in [0.1, 0.15) is 25.1 Å². The molecule has 2 aromatic rings. The molecule has 0 spiro atoms. The second kappa shape index (κ2) is 3.28. The third-order valence-electron chi connectivity index (χ3n) is 3.64. The zero-order valence-electron chi connectivity index (χ0n) is 9.48. The van der Waals surface area contributed by atoms with Gasteiger partial charge in [-0.15, -0.1) is 0 Å². The number of aromatic nitrogens is 3. The van der Waals surface area contributed by atoms with Crippen LogP contribution < -0.4 is 5.73 Å². The van der Waals surface area contributed by atoms with Crippen molar-refractivity contribution in [2.45, 2.75) is 31.2 Å². The molecule has 2 aromatic heterocycles. The highest BCUT2D eigenvalue weighted by Crippen LogP contribution is 2.32. The summed E-state index contributed by atoms with van der Waals surface area (Å²) in [7, 11) is 2.05. The van der Waals surface area contributed by atoms with Gasteiger partial charge in [0.1, 0.15) is 11.3 Å². The Morgan fingerprint density at radius 3 is 2.94 bits per heavy atom. The summed E-state index contributed by atoms with van der Waals surface area (Å²) >= 11 is 0. The van der Waals surface area contributed by atoms with Crippen LogP contribution in [0.15, 0.2) is 18.5 Å². The van der Waals surface area contributed by atoms with E-state index in [1.807, 2.05) is 19.3 Å². The highest BCUT2D eigenvalue weighted by molar-refractivity contribution is 5.74. The molecule has 4 nitrogen and oxygen atoms in total. The molecule has 1 aliphatic carbocycles. The van der Waals surface area contributed by atoms with Gasteiger partial charge in [0, 0.05) is 25.2 Å². The number of hydrogen-bond donors (Lipinski definition) is 1. The van der Waals surface area contributed by atoms with Gasteiger partial charge in [-0.25, -0.2) is 4.98 Å². The first kappa shape index (κ1) is 9.78. The number of nitrogens with zero attached hydrogens (tertiary/aromatic N) is 3. The van der Waals surface area contributed by atoms with Crippen molar-refractivity contribution in [2.75, 3.05) is 0 Å². The quantitative estimate of drug-likeness (QED) is 0.825. The van der Waals surface area contributed by atoms with Crippen LogP contribution in [-0.4, -0.2) is 20.1 Å². The first-order valence-corrected chi connectivity index (χ1v) is 5.72. The number of pyridine rings is 1. The van der Waals surface area contributed by atoms with Crippen molar-refractivity contribution in [3.63, 3.8) is 0 Å². The van der Waals surface area contributed by atoms with Crippen LogP contribution in [0.25, 0.3) is 11.0 Å². The van der Waals surface area contributed by atoms with E-state index < -0.39 is 0 Å². The Kier molecular flexibility index (Phi) is 2.01. The van der Waals surface area contributed by atoms with Crippen molar-refractivity contribution in [1.29, 1.82) is 0 Å². The second-order valence-corrected chi connectivity index (χ2v) is 4.84. The molecule has 0 amide bonds. The van der Waals surface area contributed by atoms with Crippen molar-refractivity contribution in [2.24, 2.45) is 12.8 Å². The largest absolute Gasteiger partial charge is 0.331 e. The van der Waals surface area contributed by atoms with Crippen LogP contribution in [0.5, 0.6) is 0 Å². The van der Waals surface area contributed by atoms with E-state index in [0.717, 1.165) is 36.1 Å². The topological polar surface area (TPSA) is 56.7 Å². The van der Waals surface area contributed by atoms with E-state index in [2.05, 4.69) is 14.5 Å². The highest BCUT2D eigenvalue weighted by atomic mass is 15.1. The number of aryl methyl sites for hydroxylation is 1. The normalized spacial score (nSPS) is 18.6. The molecule has 84 valence electrons. The molecule has 3 rings (SSSR count). The fraction of sp³-hybridized carbons (Fsp3) is 0.500. The summed E-state index contributed by atoms with van der Waals surface area (Å²) in [6.45, 7) is 0. The number of nitrogens with two attached hydrogens (primary N) is 1. The van der Waals surface area contributed by atoms with Gasteiger partial charge in [-0.3, -0.25) is 4.98 Å². The zero-order valence-corrected chi connectivity index (χ0v) is 9.48. The number of rotatable bonds is 2. The maximum Gasteiger partial charge on any atom is 0.111 e. The number of fused-ring (bicyclic) bond motifs is 1. The molecule has 1 saturated carbocycles. The SMILES string of the molecule is Cn1c(CC2(N)CCC2)nc2cnccc21. The molecule has 1 aliphatic rings. The van der Waals surface area contributed by atoms with Gasteiger partial charge in [-0.2, -0.15) is 0 Å². The van der Waals surface area contributed by atoms with Gasteiger partial charge in [0.2, 0.25) is 0 Å². The lowest BCUT2D eigenvalue weighted by Gasteiger charge is -2.37. The summed E-state index contributed by atoms with van der Waals surface area (Å²) in [4.78, 5) is 8.69. The van der Waals surface area contributed by atoms with Gasteiger partial charge in [0.05, 0.1) is 11.7 Å². The van der Waals surface area contributed by atoms with Crippen molar-refractivity contribution in [3.05, 3.63) is 24.3 Å². The van der Waals surface area contributed by atoms with Crippen molar-refractivity contribution in [3.8, 4) is 0 Å². The Morgan fingerprint density at radius 2 is 2.31 bits per heavy atom. The van der Waals surface area contributed by atoms with E-state index in [9.17, 15) is 0 Å². The maximum absolute atomic E-state index is 6.26. The first-order chi connectivity index (χ1) is 7.68. The lowest BCUT2D eigenvalue weighted by molar-refractivity contribution is 0.242.